The van der Waals surface area contributed by atoms with Crippen LogP contribution in [0.15, 0.2) is 24.3 Å². The van der Waals surface area contributed by atoms with E-state index in [9.17, 15) is 9.59 Å². The number of nitrogens with one attached hydrogen (secondary N) is 1. The summed E-state index contributed by atoms with van der Waals surface area (Å²) < 4.78 is 0. The van der Waals surface area contributed by atoms with Crippen LogP contribution in [0.1, 0.15) is 19.4 Å². The Balaban J connectivity index is 2.34. The SMILES string of the molecule is CCN(C)C(=O)N1Cc2ccccc2NC(=O)C1C. The lowest BCUT2D eigenvalue weighted by atomic mass is 10.1. The molecule has 1 atom stereocenters. The summed E-state index contributed by atoms with van der Waals surface area (Å²) in [5.41, 5.74) is 1.74. The van der Waals surface area contributed by atoms with E-state index in [1.54, 1.807) is 23.8 Å². The van der Waals surface area contributed by atoms with Gasteiger partial charge in [-0.1, -0.05) is 18.2 Å². The van der Waals surface area contributed by atoms with Gasteiger partial charge in [0.1, 0.15) is 6.04 Å². The second kappa shape index (κ2) is 5.30. The van der Waals surface area contributed by atoms with Crippen molar-refractivity contribution in [1.82, 2.24) is 9.80 Å². The summed E-state index contributed by atoms with van der Waals surface area (Å²) in [5, 5.41) is 2.86. The second-order valence-corrected chi connectivity index (χ2v) is 4.75. The van der Waals surface area contributed by atoms with Crippen LogP contribution in [0.3, 0.4) is 0 Å². The monoisotopic (exact) mass is 261 g/mol. The molecule has 0 aliphatic carbocycles. The van der Waals surface area contributed by atoms with Crippen molar-refractivity contribution in [3.8, 4) is 0 Å². The second-order valence-electron chi connectivity index (χ2n) is 4.75. The number of hydrogen-bond acceptors (Lipinski definition) is 2. The number of amides is 3. The van der Waals surface area contributed by atoms with E-state index in [0.29, 0.717) is 13.1 Å². The van der Waals surface area contributed by atoms with Crippen molar-refractivity contribution in [3.63, 3.8) is 0 Å². The van der Waals surface area contributed by atoms with Crippen LogP contribution in [-0.2, 0) is 11.3 Å². The Hall–Kier alpha value is -2.04. The van der Waals surface area contributed by atoms with Crippen molar-refractivity contribution >= 4 is 17.6 Å². The van der Waals surface area contributed by atoms with Gasteiger partial charge in [0.2, 0.25) is 5.91 Å². The first-order valence-electron chi connectivity index (χ1n) is 6.45. The molecule has 102 valence electrons. The Bertz CT molecular complexity index is 501. The molecule has 0 aromatic heterocycles. The topological polar surface area (TPSA) is 52.7 Å². The van der Waals surface area contributed by atoms with E-state index >= 15 is 0 Å². The number of urea groups is 1. The number of anilines is 1. The number of rotatable bonds is 1. The number of carbonyl (C=O) groups excluding carboxylic acids is 2. The normalized spacial score (nSPS) is 18.4. The molecule has 3 amide bonds. The number of fused-ring (bicyclic) bond motifs is 1. The Kier molecular flexibility index (Phi) is 3.74. The molecular weight excluding hydrogens is 242 g/mol. The lowest BCUT2D eigenvalue weighted by Crippen LogP contribution is -2.48. The fourth-order valence-electron chi connectivity index (χ4n) is 2.07. The number of hydrogen-bond donors (Lipinski definition) is 1. The lowest BCUT2D eigenvalue weighted by Gasteiger charge is -2.30. The zero-order valence-electron chi connectivity index (χ0n) is 11.5. The predicted octanol–water partition coefficient (Wildman–Crippen LogP) is 1.90. The van der Waals surface area contributed by atoms with Gasteiger partial charge in [-0.25, -0.2) is 4.79 Å². The molecule has 1 aliphatic rings. The standard InChI is InChI=1S/C14H19N3O2/c1-4-16(3)14(19)17-9-11-7-5-6-8-12(11)15-13(18)10(17)2/h5-8,10H,4,9H2,1-3H3,(H,15,18). The van der Waals surface area contributed by atoms with Crippen LogP contribution in [0.2, 0.25) is 0 Å². The summed E-state index contributed by atoms with van der Waals surface area (Å²) in [4.78, 5) is 27.6. The molecular formula is C14H19N3O2. The summed E-state index contributed by atoms with van der Waals surface area (Å²) in [7, 11) is 1.74. The van der Waals surface area contributed by atoms with Gasteiger partial charge in [-0.05, 0) is 25.5 Å². The smallest absolute Gasteiger partial charge is 0.320 e. The molecule has 0 radical (unpaired) electrons. The number of para-hydroxylation sites is 1. The fourth-order valence-corrected chi connectivity index (χ4v) is 2.07. The Labute approximate surface area is 113 Å². The van der Waals surface area contributed by atoms with Gasteiger partial charge in [0.15, 0.2) is 0 Å². The van der Waals surface area contributed by atoms with Crippen molar-refractivity contribution < 1.29 is 9.59 Å². The molecule has 1 aromatic rings. The van der Waals surface area contributed by atoms with Crippen LogP contribution < -0.4 is 5.32 Å². The molecule has 1 N–H and O–H groups in total. The first-order valence-corrected chi connectivity index (χ1v) is 6.45. The molecule has 5 nitrogen and oxygen atoms in total. The molecule has 19 heavy (non-hydrogen) atoms. The third-order valence-electron chi connectivity index (χ3n) is 3.51. The molecule has 0 spiro atoms. The summed E-state index contributed by atoms with van der Waals surface area (Å²) >= 11 is 0. The van der Waals surface area contributed by atoms with Crippen LogP contribution >= 0.6 is 0 Å². The number of nitrogens with zero attached hydrogens (tertiary/aromatic N) is 2. The first-order chi connectivity index (χ1) is 9.04. The van der Waals surface area contributed by atoms with E-state index in [-0.39, 0.29) is 11.9 Å². The quantitative estimate of drug-likeness (QED) is 0.839. The summed E-state index contributed by atoms with van der Waals surface area (Å²) in [6.45, 7) is 4.72. The number of carbonyl (C=O) groups is 2. The highest BCUT2D eigenvalue weighted by Crippen LogP contribution is 2.23. The number of benzene rings is 1. The molecule has 0 fully saturated rings. The summed E-state index contributed by atoms with van der Waals surface area (Å²) in [6, 6.07) is 6.97. The summed E-state index contributed by atoms with van der Waals surface area (Å²) in [6.07, 6.45) is 0. The lowest BCUT2D eigenvalue weighted by molar-refractivity contribution is -0.119. The van der Waals surface area contributed by atoms with Gasteiger partial charge in [0.05, 0.1) is 6.54 Å². The van der Waals surface area contributed by atoms with E-state index in [0.717, 1.165) is 11.3 Å². The molecule has 0 bridgehead atoms. The van der Waals surface area contributed by atoms with Crippen molar-refractivity contribution in [2.45, 2.75) is 26.4 Å². The Morgan fingerprint density at radius 2 is 2.16 bits per heavy atom. The third-order valence-corrected chi connectivity index (χ3v) is 3.51. The van der Waals surface area contributed by atoms with Gasteiger partial charge in [-0.2, -0.15) is 0 Å². The van der Waals surface area contributed by atoms with E-state index in [4.69, 9.17) is 0 Å². The highest BCUT2D eigenvalue weighted by atomic mass is 16.2. The largest absolute Gasteiger partial charge is 0.328 e. The van der Waals surface area contributed by atoms with Crippen LogP contribution in [0.25, 0.3) is 0 Å². The first kappa shape index (κ1) is 13.4. The van der Waals surface area contributed by atoms with Crippen molar-refractivity contribution in [3.05, 3.63) is 29.8 Å². The van der Waals surface area contributed by atoms with E-state index in [2.05, 4.69) is 5.32 Å². The molecule has 0 saturated carbocycles. The van der Waals surface area contributed by atoms with Crippen LogP contribution in [0.4, 0.5) is 10.5 Å². The molecule has 2 rings (SSSR count). The van der Waals surface area contributed by atoms with Gasteiger partial charge in [-0.15, -0.1) is 0 Å². The maximum absolute atomic E-state index is 12.3. The summed E-state index contributed by atoms with van der Waals surface area (Å²) in [5.74, 6) is -0.150. The molecule has 1 unspecified atom stereocenters. The average molecular weight is 261 g/mol. The van der Waals surface area contributed by atoms with Crippen LogP contribution in [-0.4, -0.2) is 41.4 Å². The van der Waals surface area contributed by atoms with Crippen molar-refractivity contribution in [2.75, 3.05) is 18.9 Å². The molecule has 1 heterocycles. The van der Waals surface area contributed by atoms with E-state index < -0.39 is 6.04 Å². The Morgan fingerprint density at radius 1 is 1.47 bits per heavy atom. The minimum Gasteiger partial charge on any atom is -0.328 e. The highest BCUT2D eigenvalue weighted by Gasteiger charge is 2.31. The van der Waals surface area contributed by atoms with Gasteiger partial charge < -0.3 is 15.1 Å². The van der Waals surface area contributed by atoms with Gasteiger partial charge >= 0.3 is 6.03 Å². The maximum atomic E-state index is 12.3. The van der Waals surface area contributed by atoms with Crippen molar-refractivity contribution in [2.24, 2.45) is 0 Å². The maximum Gasteiger partial charge on any atom is 0.320 e. The third kappa shape index (κ3) is 2.54. The van der Waals surface area contributed by atoms with Crippen LogP contribution in [0.5, 0.6) is 0 Å². The minimum atomic E-state index is -0.478. The predicted molar refractivity (Wildman–Crippen MR) is 73.8 cm³/mol. The fraction of sp³-hybridized carbons (Fsp3) is 0.429. The minimum absolute atomic E-state index is 0.123. The zero-order chi connectivity index (χ0) is 14.0. The van der Waals surface area contributed by atoms with Crippen molar-refractivity contribution in [1.29, 1.82) is 0 Å². The average Bonchev–Trinajstić information content (AvgIpc) is 2.55. The molecule has 5 heteroatoms. The van der Waals surface area contributed by atoms with Gasteiger partial charge in [-0.3, -0.25) is 4.79 Å². The Morgan fingerprint density at radius 3 is 2.84 bits per heavy atom. The zero-order valence-corrected chi connectivity index (χ0v) is 11.5. The molecule has 0 saturated heterocycles. The molecule has 1 aromatic carbocycles. The van der Waals surface area contributed by atoms with Crippen LogP contribution in [0, 0.1) is 0 Å². The van der Waals surface area contributed by atoms with E-state index in [1.807, 2.05) is 31.2 Å². The van der Waals surface area contributed by atoms with Gasteiger partial charge in [0.25, 0.3) is 0 Å². The molecule has 1 aliphatic heterocycles. The van der Waals surface area contributed by atoms with E-state index in [1.165, 1.54) is 0 Å². The highest BCUT2D eigenvalue weighted by molar-refractivity contribution is 5.98. The van der Waals surface area contributed by atoms with Gasteiger partial charge in [0, 0.05) is 19.3 Å².